The maximum absolute atomic E-state index is 14.1. The molecule has 3 aromatic rings. The molecular formula is C16H17FLiN7O3S. The van der Waals surface area contributed by atoms with Crippen LogP contribution in [0.3, 0.4) is 0 Å². The van der Waals surface area contributed by atoms with E-state index in [1.807, 2.05) is 0 Å². The maximum atomic E-state index is 14.1. The fraction of sp³-hybridized carbons (Fsp3) is 0.312. The normalized spacial score (nSPS) is 11.5. The molecule has 0 bridgehead atoms. The van der Waals surface area contributed by atoms with Crippen molar-refractivity contribution in [3.05, 3.63) is 47.0 Å². The van der Waals surface area contributed by atoms with E-state index in [-0.39, 0.29) is 49.8 Å². The number of carbonyl (C=O) groups excluding carboxylic acids is 1. The molecule has 2 N–H and O–H groups in total. The number of amides is 1. The number of carbonyl (C=O) groups is 2. The Hall–Kier alpha value is -2.68. The summed E-state index contributed by atoms with van der Waals surface area (Å²) in [6.07, 6.45) is 2.14. The molecule has 0 spiro atoms. The SMILES string of the molecule is O=C(Cc1ccccn1)Nc1nnc(CCC(F)Cn2cc(C(=O)O)nn2)s1.[LiH]. The Morgan fingerprint density at radius 1 is 1.28 bits per heavy atom. The summed E-state index contributed by atoms with van der Waals surface area (Å²) in [6.45, 7) is -0.104. The first-order chi connectivity index (χ1) is 13.5. The van der Waals surface area contributed by atoms with Crippen molar-refractivity contribution in [2.45, 2.75) is 32.0 Å². The molecule has 29 heavy (non-hydrogen) atoms. The molecule has 0 saturated heterocycles. The van der Waals surface area contributed by atoms with Crippen LogP contribution in [0.2, 0.25) is 0 Å². The topological polar surface area (TPSA) is 136 Å². The number of nitrogens with one attached hydrogen (secondary N) is 1. The predicted octanol–water partition coefficient (Wildman–Crippen LogP) is 0.726. The second kappa shape index (κ2) is 10.8. The molecule has 0 aliphatic heterocycles. The summed E-state index contributed by atoms with van der Waals surface area (Å²) in [4.78, 5) is 26.8. The van der Waals surface area contributed by atoms with Crippen molar-refractivity contribution in [3.8, 4) is 0 Å². The molecule has 10 nitrogen and oxygen atoms in total. The third kappa shape index (κ3) is 7.01. The van der Waals surface area contributed by atoms with Crippen LogP contribution in [0.4, 0.5) is 9.52 Å². The number of aromatic nitrogens is 6. The minimum absolute atomic E-state index is 0. The number of carboxylic acids is 1. The van der Waals surface area contributed by atoms with Gasteiger partial charge in [0.1, 0.15) is 11.2 Å². The van der Waals surface area contributed by atoms with Crippen molar-refractivity contribution >= 4 is 47.2 Å². The molecule has 0 aliphatic rings. The molecular weight excluding hydrogens is 396 g/mol. The monoisotopic (exact) mass is 413 g/mol. The first-order valence-electron chi connectivity index (χ1n) is 8.29. The zero-order chi connectivity index (χ0) is 19.9. The van der Waals surface area contributed by atoms with Crippen molar-refractivity contribution in [2.75, 3.05) is 5.32 Å². The first-order valence-corrected chi connectivity index (χ1v) is 9.11. The summed E-state index contributed by atoms with van der Waals surface area (Å²) in [5.74, 6) is -1.47. The average molecular weight is 413 g/mol. The van der Waals surface area contributed by atoms with Gasteiger partial charge in [-0.25, -0.2) is 13.9 Å². The Kier molecular flexibility index (Phi) is 8.38. The molecule has 3 rings (SSSR count). The van der Waals surface area contributed by atoms with Crippen molar-refractivity contribution in [1.29, 1.82) is 0 Å². The Morgan fingerprint density at radius 3 is 2.79 bits per heavy atom. The average Bonchev–Trinajstić information content (AvgIpc) is 3.30. The van der Waals surface area contributed by atoms with Crippen LogP contribution in [-0.4, -0.2) is 72.2 Å². The molecule has 13 heteroatoms. The number of hydrogen-bond acceptors (Lipinski definition) is 8. The van der Waals surface area contributed by atoms with Crippen molar-refractivity contribution in [2.24, 2.45) is 0 Å². The van der Waals surface area contributed by atoms with Gasteiger partial charge < -0.3 is 10.4 Å². The molecule has 0 aliphatic carbocycles. The van der Waals surface area contributed by atoms with Crippen LogP contribution in [0.5, 0.6) is 0 Å². The summed E-state index contributed by atoms with van der Waals surface area (Å²) in [7, 11) is 0. The van der Waals surface area contributed by atoms with E-state index in [4.69, 9.17) is 5.11 Å². The zero-order valence-electron chi connectivity index (χ0n) is 14.5. The number of halogens is 1. The third-order valence-electron chi connectivity index (χ3n) is 3.60. The van der Waals surface area contributed by atoms with Crippen molar-refractivity contribution in [1.82, 2.24) is 30.2 Å². The van der Waals surface area contributed by atoms with Crippen molar-refractivity contribution < 1.29 is 19.1 Å². The Bertz CT molecular complexity index is 953. The molecule has 0 fully saturated rings. The van der Waals surface area contributed by atoms with E-state index in [9.17, 15) is 14.0 Å². The molecule has 3 aromatic heterocycles. The van der Waals surface area contributed by atoms with Gasteiger partial charge in [-0.05, 0) is 18.6 Å². The first kappa shape index (κ1) is 22.6. The van der Waals surface area contributed by atoms with Gasteiger partial charge in [-0.2, -0.15) is 0 Å². The summed E-state index contributed by atoms with van der Waals surface area (Å²) in [5, 5.41) is 27.2. The fourth-order valence-corrected chi connectivity index (χ4v) is 3.07. The van der Waals surface area contributed by atoms with Gasteiger partial charge in [0.25, 0.3) is 0 Å². The number of alkyl halides is 1. The van der Waals surface area contributed by atoms with Crippen LogP contribution in [0.1, 0.15) is 27.6 Å². The van der Waals surface area contributed by atoms with Crippen LogP contribution >= 0.6 is 11.3 Å². The van der Waals surface area contributed by atoms with E-state index in [0.717, 1.165) is 4.68 Å². The van der Waals surface area contributed by atoms with Crippen LogP contribution in [0.25, 0.3) is 0 Å². The van der Waals surface area contributed by atoms with Gasteiger partial charge in [-0.15, -0.1) is 15.3 Å². The molecule has 3 heterocycles. The molecule has 148 valence electrons. The Labute approximate surface area is 180 Å². The summed E-state index contributed by atoms with van der Waals surface area (Å²) in [5.41, 5.74) is 0.409. The number of aromatic carboxylic acids is 1. The predicted molar refractivity (Wildman–Crippen MR) is 104 cm³/mol. The second-order valence-corrected chi connectivity index (χ2v) is 6.88. The third-order valence-corrected chi connectivity index (χ3v) is 4.49. The fourth-order valence-electron chi connectivity index (χ4n) is 2.30. The van der Waals surface area contributed by atoms with E-state index in [1.165, 1.54) is 17.5 Å². The zero-order valence-corrected chi connectivity index (χ0v) is 15.3. The number of pyridine rings is 1. The van der Waals surface area contributed by atoms with Crippen LogP contribution in [0.15, 0.2) is 30.6 Å². The Balaban J connectivity index is 0.00000300. The standard InChI is InChI=1S/C16H16FN7O3S.Li.H/c17-10(8-24-9-12(15(26)27)20-23-24)4-5-14-21-22-16(28-14)19-13(25)7-11-3-1-2-6-18-11;;/h1-3,6,9-10H,4-5,7-8H2,(H,26,27)(H,19,22,25);;. The summed E-state index contributed by atoms with van der Waals surface area (Å²) >= 11 is 1.17. The van der Waals surface area contributed by atoms with E-state index in [0.29, 0.717) is 22.3 Å². The number of nitrogens with zero attached hydrogens (tertiary/aromatic N) is 6. The summed E-state index contributed by atoms with van der Waals surface area (Å²) in [6, 6.07) is 5.32. The molecule has 0 radical (unpaired) electrons. The van der Waals surface area contributed by atoms with Gasteiger partial charge in [-0.3, -0.25) is 9.78 Å². The van der Waals surface area contributed by atoms with Crippen molar-refractivity contribution in [3.63, 3.8) is 0 Å². The van der Waals surface area contributed by atoms with Crippen LogP contribution in [-0.2, 0) is 24.2 Å². The molecule has 1 atom stereocenters. The van der Waals surface area contributed by atoms with Gasteiger partial charge in [-0.1, -0.05) is 22.6 Å². The minimum atomic E-state index is -1.26. The molecule has 0 aromatic carbocycles. The number of anilines is 1. The quantitative estimate of drug-likeness (QED) is 0.490. The van der Waals surface area contributed by atoms with E-state index in [2.05, 4.69) is 30.8 Å². The Morgan fingerprint density at radius 2 is 2.10 bits per heavy atom. The van der Waals surface area contributed by atoms with Crippen LogP contribution in [0, 0.1) is 0 Å². The second-order valence-electron chi connectivity index (χ2n) is 5.81. The number of hydrogen-bond donors (Lipinski definition) is 2. The van der Waals surface area contributed by atoms with Gasteiger partial charge in [0.05, 0.1) is 19.2 Å². The van der Waals surface area contributed by atoms with E-state index >= 15 is 0 Å². The van der Waals surface area contributed by atoms with Gasteiger partial charge in [0.15, 0.2) is 5.69 Å². The number of rotatable bonds is 9. The van der Waals surface area contributed by atoms with Gasteiger partial charge in [0, 0.05) is 18.3 Å². The molecule has 1 unspecified atom stereocenters. The van der Waals surface area contributed by atoms with E-state index < -0.39 is 12.1 Å². The number of carboxylic acid groups (broad SMARTS) is 1. The van der Waals surface area contributed by atoms with Crippen LogP contribution < -0.4 is 5.32 Å². The van der Waals surface area contributed by atoms with E-state index in [1.54, 1.807) is 24.4 Å². The summed E-state index contributed by atoms with van der Waals surface area (Å²) < 4.78 is 15.2. The molecule has 0 saturated carbocycles. The number of aryl methyl sites for hydroxylation is 1. The van der Waals surface area contributed by atoms with Gasteiger partial charge >= 0.3 is 24.8 Å². The molecule has 1 amide bonds. The van der Waals surface area contributed by atoms with Gasteiger partial charge in [0.2, 0.25) is 11.0 Å².